The quantitative estimate of drug-likeness (QED) is 0.0292. The van der Waals surface area contributed by atoms with Crippen molar-refractivity contribution >= 4 is 13.6 Å². The summed E-state index contributed by atoms with van der Waals surface area (Å²) in [6.45, 7) is 3.57. The molecule has 2 aliphatic heterocycles. The van der Waals surface area contributed by atoms with Crippen LogP contribution in [0.4, 0.5) is 5.82 Å². The van der Waals surface area contributed by atoms with Gasteiger partial charge in [0.25, 0.3) is 5.56 Å². The maximum atomic E-state index is 13.2. The van der Waals surface area contributed by atoms with Crippen LogP contribution in [0, 0.1) is 6.92 Å². The van der Waals surface area contributed by atoms with E-state index in [9.17, 15) is 39.4 Å². The van der Waals surface area contributed by atoms with Gasteiger partial charge in [0.05, 0.1) is 18.8 Å². The average molecular weight is 781 g/mol. The number of aliphatic hydroxyl groups is 1. The van der Waals surface area contributed by atoms with Crippen LogP contribution in [0.5, 0.6) is 0 Å². The molecule has 0 saturated carbocycles. The van der Waals surface area contributed by atoms with Gasteiger partial charge in [0.1, 0.15) is 30.0 Å². The number of phosphoric ester groups is 1. The molecule has 2 aromatic rings. The van der Waals surface area contributed by atoms with Gasteiger partial charge in [-0.3, -0.25) is 23.4 Å². The van der Waals surface area contributed by atoms with Crippen molar-refractivity contribution in [3.63, 3.8) is 0 Å². The summed E-state index contributed by atoms with van der Waals surface area (Å²) in [7, 11) is -5.14. The van der Waals surface area contributed by atoms with Crippen LogP contribution in [0.25, 0.3) is 10.4 Å². The van der Waals surface area contributed by atoms with Crippen molar-refractivity contribution < 1.29 is 33.5 Å². The highest BCUT2D eigenvalue weighted by molar-refractivity contribution is 7.46. The van der Waals surface area contributed by atoms with Crippen molar-refractivity contribution in [2.75, 3.05) is 18.5 Å². The number of hydrogen-bond donors (Lipinski definition) is 5. The summed E-state index contributed by atoms with van der Waals surface area (Å²) >= 11 is 0. The highest BCUT2D eigenvalue weighted by atomic mass is 31.2. The second-order valence-corrected chi connectivity index (χ2v) is 15.7. The van der Waals surface area contributed by atoms with Crippen LogP contribution < -0.4 is 22.3 Å². The van der Waals surface area contributed by atoms with Gasteiger partial charge in [-0.2, -0.15) is 4.98 Å². The molecule has 0 bridgehead atoms. The predicted octanol–water partition coefficient (Wildman–Crippen LogP) is 5.48. The number of azide groups is 1. The number of anilines is 1. The number of hydrogen-bond acceptors (Lipinski definition) is 11. The molecule has 0 amide bonds. The Balaban J connectivity index is 1.32. The first-order valence-corrected chi connectivity index (χ1v) is 20.8. The SMILES string of the molecule is CCCCCCCCCCCCCCCCNc1ccn(C2CC(OP(=O)(O)O)C(CO)(CC3OC(n4cc(C)c(=O)[nH]c4=O)CC3N=[N+]=[N-])O2)c(=O)n1. The molecule has 2 saturated heterocycles. The van der Waals surface area contributed by atoms with Gasteiger partial charge in [0.15, 0.2) is 0 Å². The first-order chi connectivity index (χ1) is 25.9. The fourth-order valence-electron chi connectivity index (χ4n) is 7.32. The third kappa shape index (κ3) is 12.6. The van der Waals surface area contributed by atoms with E-state index < -0.39 is 67.7 Å². The lowest BCUT2D eigenvalue weighted by Crippen LogP contribution is -2.48. The van der Waals surface area contributed by atoms with E-state index in [0.29, 0.717) is 12.4 Å². The van der Waals surface area contributed by atoms with Gasteiger partial charge in [0.2, 0.25) is 0 Å². The van der Waals surface area contributed by atoms with Crippen LogP contribution in [-0.2, 0) is 18.6 Å². The molecule has 0 radical (unpaired) electrons. The molecule has 0 aliphatic carbocycles. The van der Waals surface area contributed by atoms with Crippen LogP contribution in [0.15, 0.2) is 38.0 Å². The number of aromatic amines is 1. The Morgan fingerprint density at radius 3 is 2.22 bits per heavy atom. The summed E-state index contributed by atoms with van der Waals surface area (Å²) in [5.74, 6) is 0.371. The summed E-state index contributed by atoms with van der Waals surface area (Å²) in [5.41, 5.74) is 5.64. The minimum atomic E-state index is -5.14. The van der Waals surface area contributed by atoms with E-state index >= 15 is 0 Å². The standard InChI is InChI=1S/C35H57N8O10P/c1-3-4-5-6-7-8-9-10-11-12-13-14-15-16-18-37-29-17-19-42(33(46)38-29)31-21-28(53-54(48,49)50)35(24-44,52-31)22-27-26(40-41-36)20-30(51-27)43-23-25(2)32(45)39-34(43)47/h17,19,23,26-28,30-31,44H,3-16,18,20-22,24H2,1-2H3,(H,37,38,46)(H,39,45,47)(H2,48,49,50). The van der Waals surface area contributed by atoms with Gasteiger partial charge in [-0.1, -0.05) is 95.5 Å². The molecule has 4 heterocycles. The highest BCUT2D eigenvalue weighted by Crippen LogP contribution is 2.50. The normalized spacial score (nSPS) is 24.1. The zero-order chi connectivity index (χ0) is 39.1. The molecule has 2 aliphatic rings. The zero-order valence-corrected chi connectivity index (χ0v) is 32.3. The van der Waals surface area contributed by atoms with Crippen LogP contribution in [0.1, 0.15) is 134 Å². The highest BCUT2D eigenvalue weighted by Gasteiger charge is 2.55. The number of H-pyrrole nitrogens is 1. The summed E-state index contributed by atoms with van der Waals surface area (Å²) in [6.07, 6.45) is 15.2. The van der Waals surface area contributed by atoms with Gasteiger partial charge in [0, 0.05) is 48.7 Å². The molecule has 19 heteroatoms. The molecular weight excluding hydrogens is 723 g/mol. The lowest BCUT2D eigenvalue weighted by Gasteiger charge is -2.35. The van der Waals surface area contributed by atoms with E-state index in [1.165, 1.54) is 89.9 Å². The second-order valence-electron chi connectivity index (χ2n) is 14.5. The van der Waals surface area contributed by atoms with Crippen LogP contribution in [0.3, 0.4) is 0 Å². The number of nitrogens with zero attached hydrogens (tertiary/aromatic N) is 6. The average Bonchev–Trinajstić information content (AvgIpc) is 3.67. The van der Waals surface area contributed by atoms with Gasteiger partial charge in [-0.25, -0.2) is 14.2 Å². The first-order valence-electron chi connectivity index (χ1n) is 19.3. The number of aromatic nitrogens is 4. The first kappa shape index (κ1) is 43.4. The lowest BCUT2D eigenvalue weighted by molar-refractivity contribution is -0.152. The van der Waals surface area contributed by atoms with Gasteiger partial charge in [-0.15, -0.1) is 0 Å². The fourth-order valence-corrected chi connectivity index (χ4v) is 7.93. The van der Waals surface area contributed by atoms with Crippen molar-refractivity contribution in [1.29, 1.82) is 0 Å². The van der Waals surface area contributed by atoms with E-state index in [2.05, 4.69) is 32.2 Å². The Morgan fingerprint density at radius 1 is 1.02 bits per heavy atom. The third-order valence-electron chi connectivity index (χ3n) is 10.3. The molecule has 54 heavy (non-hydrogen) atoms. The molecular formula is C35H57N8O10P. The number of nitrogens with one attached hydrogen (secondary N) is 2. The number of rotatable bonds is 24. The maximum Gasteiger partial charge on any atom is 0.469 e. The second kappa shape index (κ2) is 21.1. The molecule has 6 atom stereocenters. The summed E-state index contributed by atoms with van der Waals surface area (Å²) in [6, 6.07) is 0.689. The Bertz CT molecular complexity index is 1760. The Morgan fingerprint density at radius 2 is 1.65 bits per heavy atom. The third-order valence-corrected chi connectivity index (χ3v) is 10.8. The molecule has 2 fully saturated rings. The summed E-state index contributed by atoms with van der Waals surface area (Å²) in [5, 5.41) is 17.6. The van der Waals surface area contributed by atoms with Crippen molar-refractivity contribution in [3.05, 3.63) is 65.8 Å². The van der Waals surface area contributed by atoms with Gasteiger partial charge >= 0.3 is 19.2 Å². The largest absolute Gasteiger partial charge is 0.469 e. The molecule has 2 aromatic heterocycles. The summed E-state index contributed by atoms with van der Waals surface area (Å²) in [4.78, 5) is 66.4. The number of aliphatic hydroxyl groups excluding tert-OH is 1. The van der Waals surface area contributed by atoms with Crippen molar-refractivity contribution in [1.82, 2.24) is 19.1 Å². The Kier molecular flexibility index (Phi) is 16.9. The molecule has 302 valence electrons. The minimum absolute atomic E-state index is 0.00622. The number of unbranched alkanes of at least 4 members (excludes halogenated alkanes) is 13. The van der Waals surface area contributed by atoms with E-state index in [1.807, 2.05) is 0 Å². The van der Waals surface area contributed by atoms with Crippen LogP contribution in [-0.4, -0.2) is 71.0 Å². The van der Waals surface area contributed by atoms with Crippen molar-refractivity contribution in [3.8, 4) is 0 Å². The number of phosphoric acid groups is 1. The molecule has 18 nitrogen and oxygen atoms in total. The van der Waals surface area contributed by atoms with Crippen molar-refractivity contribution in [2.24, 2.45) is 5.11 Å². The molecule has 0 aromatic carbocycles. The Hall–Kier alpha value is -3.34. The van der Waals surface area contributed by atoms with Crippen LogP contribution in [0.2, 0.25) is 0 Å². The summed E-state index contributed by atoms with van der Waals surface area (Å²) < 4.78 is 31.7. The molecule has 0 spiro atoms. The van der Waals surface area contributed by atoms with Gasteiger partial charge < -0.3 is 29.7 Å². The molecule has 6 unspecified atom stereocenters. The van der Waals surface area contributed by atoms with E-state index in [0.717, 1.165) is 28.4 Å². The Labute approximate surface area is 314 Å². The van der Waals surface area contributed by atoms with Gasteiger partial charge in [-0.05, 0) is 24.9 Å². The van der Waals surface area contributed by atoms with Crippen LogP contribution >= 0.6 is 7.82 Å². The molecule has 4 rings (SSSR count). The van der Waals surface area contributed by atoms with E-state index in [-0.39, 0.29) is 24.8 Å². The van der Waals surface area contributed by atoms with E-state index in [4.69, 9.17) is 14.0 Å². The number of ether oxygens (including phenoxy) is 2. The smallest absolute Gasteiger partial charge is 0.393 e. The van der Waals surface area contributed by atoms with Crippen molar-refractivity contribution in [2.45, 2.75) is 159 Å². The monoisotopic (exact) mass is 780 g/mol. The topological polar surface area (TPSA) is 256 Å². The minimum Gasteiger partial charge on any atom is -0.393 e. The fraction of sp³-hybridized carbons (Fsp3) is 0.771. The predicted molar refractivity (Wildman–Crippen MR) is 201 cm³/mol. The van der Waals surface area contributed by atoms with E-state index in [1.54, 1.807) is 6.07 Å². The zero-order valence-electron chi connectivity index (χ0n) is 31.4. The number of aryl methyl sites for hydroxylation is 1. The molecule has 5 N–H and O–H groups in total. The lowest BCUT2D eigenvalue weighted by atomic mass is 9.88. The maximum absolute atomic E-state index is 13.2.